The van der Waals surface area contributed by atoms with Gasteiger partial charge < -0.3 is 10.3 Å². The van der Waals surface area contributed by atoms with Gasteiger partial charge in [-0.3, -0.25) is 9.59 Å². The number of rotatable bonds is 7. The van der Waals surface area contributed by atoms with E-state index in [0.29, 0.717) is 28.0 Å². The summed E-state index contributed by atoms with van der Waals surface area (Å²) >= 11 is 0. The summed E-state index contributed by atoms with van der Waals surface area (Å²) in [6, 6.07) is 14.6. The van der Waals surface area contributed by atoms with Crippen LogP contribution in [-0.2, 0) is 14.6 Å². The Morgan fingerprint density at radius 1 is 1.00 bits per heavy atom. The average molecular weight is 477 g/mol. The molecule has 0 spiro atoms. The number of Topliss-reactive ketones (excluding diaryl/α,β-unsaturated/α-hetero) is 1. The molecule has 2 aromatic carbocycles. The maximum atomic E-state index is 13.1. The number of carbonyl (C=O) groups excluding carboxylic acids is 2. The summed E-state index contributed by atoms with van der Waals surface area (Å²) in [5.41, 5.74) is 2.87. The topological polar surface area (TPSA) is 122 Å². The first-order valence-corrected chi connectivity index (χ1v) is 12.3. The van der Waals surface area contributed by atoms with E-state index in [1.807, 2.05) is 6.07 Å². The number of aromatic amines is 1. The molecule has 2 aromatic heterocycles. The molecule has 0 aliphatic carbocycles. The van der Waals surface area contributed by atoms with E-state index in [9.17, 15) is 18.0 Å². The number of sulfone groups is 1. The molecule has 2 heterocycles. The van der Waals surface area contributed by atoms with Gasteiger partial charge in [0.25, 0.3) is 5.91 Å². The normalized spacial score (nSPS) is 12.6. The highest BCUT2D eigenvalue weighted by atomic mass is 32.2. The first kappa shape index (κ1) is 23.3. The summed E-state index contributed by atoms with van der Waals surface area (Å²) in [6.07, 6.45) is 3.05. The smallest absolute Gasteiger partial charge is 0.255 e. The Hall–Kier alpha value is -3.85. The van der Waals surface area contributed by atoms with E-state index in [2.05, 4.69) is 20.3 Å². The van der Waals surface area contributed by atoms with Gasteiger partial charge in [-0.1, -0.05) is 42.5 Å². The fourth-order valence-corrected chi connectivity index (χ4v) is 4.62. The van der Waals surface area contributed by atoms with Crippen molar-refractivity contribution in [3.8, 4) is 11.3 Å². The minimum Gasteiger partial charge on any atom is -0.344 e. The van der Waals surface area contributed by atoms with Crippen LogP contribution in [0.4, 0.5) is 0 Å². The quantitative estimate of drug-likeness (QED) is 0.418. The Morgan fingerprint density at radius 2 is 1.68 bits per heavy atom. The molecule has 0 saturated carbocycles. The number of nitrogens with zero attached hydrogens (tertiary/aromatic N) is 2. The molecule has 1 atom stereocenters. The molecule has 9 heteroatoms. The molecule has 0 radical (unpaired) electrons. The van der Waals surface area contributed by atoms with Crippen LogP contribution in [0.15, 0.2) is 71.9 Å². The molecule has 0 aliphatic rings. The first-order chi connectivity index (χ1) is 16.2. The van der Waals surface area contributed by atoms with E-state index in [0.717, 1.165) is 0 Å². The first-order valence-electron chi connectivity index (χ1n) is 10.7. The SMILES string of the molecule is CC(=O)[C@@H](NC(=O)c1c[nH]c2ncc(-c3ccc(S(=O)(=O)C(C)C)cc3)nc12)c1ccccc1. The second-order valence-corrected chi connectivity index (χ2v) is 10.7. The van der Waals surface area contributed by atoms with Gasteiger partial charge in [0, 0.05) is 11.8 Å². The van der Waals surface area contributed by atoms with Gasteiger partial charge in [-0.05, 0) is 38.5 Å². The van der Waals surface area contributed by atoms with Crippen LogP contribution >= 0.6 is 0 Å². The molecular formula is C25H24N4O4S. The highest BCUT2D eigenvalue weighted by Gasteiger charge is 2.23. The van der Waals surface area contributed by atoms with Crippen molar-refractivity contribution in [3.05, 3.63) is 78.1 Å². The van der Waals surface area contributed by atoms with Crippen molar-refractivity contribution in [3.63, 3.8) is 0 Å². The van der Waals surface area contributed by atoms with Gasteiger partial charge in [0.15, 0.2) is 21.3 Å². The Morgan fingerprint density at radius 3 is 2.29 bits per heavy atom. The number of hydrogen-bond acceptors (Lipinski definition) is 6. The molecule has 0 fully saturated rings. The monoisotopic (exact) mass is 476 g/mol. The van der Waals surface area contributed by atoms with Crippen molar-refractivity contribution < 1.29 is 18.0 Å². The molecular weight excluding hydrogens is 452 g/mol. The molecule has 0 saturated heterocycles. The van der Waals surface area contributed by atoms with Crippen LogP contribution in [0.1, 0.15) is 42.7 Å². The molecule has 1 amide bonds. The van der Waals surface area contributed by atoms with Crippen LogP contribution in [0.5, 0.6) is 0 Å². The van der Waals surface area contributed by atoms with E-state index in [4.69, 9.17) is 0 Å². The average Bonchev–Trinajstić information content (AvgIpc) is 3.26. The summed E-state index contributed by atoms with van der Waals surface area (Å²) in [5.74, 6) is -0.650. The summed E-state index contributed by atoms with van der Waals surface area (Å²) in [5, 5.41) is 2.26. The zero-order valence-electron chi connectivity index (χ0n) is 18.9. The van der Waals surface area contributed by atoms with Crippen LogP contribution in [-0.4, -0.2) is 40.3 Å². The molecule has 174 valence electrons. The summed E-state index contributed by atoms with van der Waals surface area (Å²) in [4.78, 5) is 37.4. The molecule has 4 rings (SSSR count). The number of nitrogens with one attached hydrogen (secondary N) is 2. The fourth-order valence-electron chi connectivity index (χ4n) is 3.57. The number of ketones is 1. The Balaban J connectivity index is 1.65. The van der Waals surface area contributed by atoms with E-state index >= 15 is 0 Å². The number of fused-ring (bicyclic) bond motifs is 1. The zero-order chi connectivity index (χ0) is 24.5. The van der Waals surface area contributed by atoms with E-state index in [1.165, 1.54) is 13.1 Å². The summed E-state index contributed by atoms with van der Waals surface area (Å²) in [7, 11) is -3.38. The van der Waals surface area contributed by atoms with Crippen molar-refractivity contribution in [1.29, 1.82) is 0 Å². The Kier molecular flexibility index (Phi) is 6.30. The van der Waals surface area contributed by atoms with E-state index < -0.39 is 27.0 Å². The number of benzene rings is 2. The van der Waals surface area contributed by atoms with Crippen molar-refractivity contribution >= 4 is 32.7 Å². The van der Waals surface area contributed by atoms with Crippen molar-refractivity contribution in [2.24, 2.45) is 0 Å². The molecule has 34 heavy (non-hydrogen) atoms. The number of hydrogen-bond donors (Lipinski definition) is 2. The van der Waals surface area contributed by atoms with Crippen LogP contribution in [0.2, 0.25) is 0 Å². The largest absolute Gasteiger partial charge is 0.344 e. The highest BCUT2D eigenvalue weighted by molar-refractivity contribution is 7.92. The van der Waals surface area contributed by atoms with Crippen molar-refractivity contribution in [2.75, 3.05) is 0 Å². The van der Waals surface area contributed by atoms with Gasteiger partial charge in [0.1, 0.15) is 11.6 Å². The summed E-state index contributed by atoms with van der Waals surface area (Å²) < 4.78 is 24.8. The number of aromatic nitrogens is 3. The Bertz CT molecular complexity index is 1460. The van der Waals surface area contributed by atoms with Crippen LogP contribution < -0.4 is 5.32 Å². The van der Waals surface area contributed by atoms with Gasteiger partial charge in [-0.25, -0.2) is 18.4 Å². The van der Waals surface area contributed by atoms with Gasteiger partial charge in [-0.2, -0.15) is 0 Å². The molecule has 0 aliphatic heterocycles. The number of H-pyrrole nitrogens is 1. The molecule has 0 unspecified atom stereocenters. The van der Waals surface area contributed by atoms with E-state index in [1.54, 1.807) is 68.6 Å². The van der Waals surface area contributed by atoms with Crippen LogP contribution in [0.3, 0.4) is 0 Å². The maximum Gasteiger partial charge on any atom is 0.255 e. The number of amides is 1. The molecule has 8 nitrogen and oxygen atoms in total. The van der Waals surface area contributed by atoms with Gasteiger partial charge in [0.05, 0.1) is 27.6 Å². The lowest BCUT2D eigenvalue weighted by Crippen LogP contribution is -2.32. The minimum atomic E-state index is -3.38. The minimum absolute atomic E-state index is 0.192. The van der Waals surface area contributed by atoms with Gasteiger partial charge in [-0.15, -0.1) is 0 Å². The maximum absolute atomic E-state index is 13.1. The third kappa shape index (κ3) is 4.47. The highest BCUT2D eigenvalue weighted by Crippen LogP contribution is 2.24. The third-order valence-electron chi connectivity index (χ3n) is 5.54. The third-order valence-corrected chi connectivity index (χ3v) is 7.71. The standard InChI is InChI=1S/C25H24N4O4S/c1-15(2)34(32,33)19-11-9-17(10-12-19)21-14-27-24-23(28-21)20(13-26-24)25(31)29-22(16(3)30)18-7-5-4-6-8-18/h4-15,22H,1-3H3,(H,26,27)(H,29,31)/t22-/m1/s1. The molecule has 0 bridgehead atoms. The van der Waals surface area contributed by atoms with Gasteiger partial charge in [0.2, 0.25) is 0 Å². The lowest BCUT2D eigenvalue weighted by molar-refractivity contribution is -0.118. The second-order valence-electron chi connectivity index (χ2n) is 8.20. The van der Waals surface area contributed by atoms with Crippen molar-refractivity contribution in [2.45, 2.75) is 37.0 Å². The van der Waals surface area contributed by atoms with E-state index in [-0.39, 0.29) is 16.2 Å². The fraction of sp³-hybridized carbons (Fsp3) is 0.200. The number of carbonyl (C=O) groups is 2. The Labute approximate surface area is 197 Å². The predicted molar refractivity (Wildman–Crippen MR) is 129 cm³/mol. The molecule has 4 aromatic rings. The predicted octanol–water partition coefficient (Wildman–Crippen LogP) is 3.87. The zero-order valence-corrected chi connectivity index (χ0v) is 19.8. The van der Waals surface area contributed by atoms with Crippen LogP contribution in [0, 0.1) is 0 Å². The van der Waals surface area contributed by atoms with Crippen LogP contribution in [0.25, 0.3) is 22.4 Å². The lowest BCUT2D eigenvalue weighted by Gasteiger charge is -2.16. The molecule has 2 N–H and O–H groups in total. The summed E-state index contributed by atoms with van der Waals surface area (Å²) in [6.45, 7) is 4.69. The second kappa shape index (κ2) is 9.18. The van der Waals surface area contributed by atoms with Crippen molar-refractivity contribution in [1.82, 2.24) is 20.3 Å². The lowest BCUT2D eigenvalue weighted by atomic mass is 10.0. The van der Waals surface area contributed by atoms with Gasteiger partial charge >= 0.3 is 0 Å².